The van der Waals surface area contributed by atoms with Gasteiger partial charge in [0.15, 0.2) is 6.10 Å². The quantitative estimate of drug-likeness (QED) is 0.586. The molecular weight excluding hydrogens is 353 g/mol. The zero-order valence-electron chi connectivity index (χ0n) is 14.4. The molecule has 0 aliphatic rings. The van der Waals surface area contributed by atoms with Crippen molar-refractivity contribution >= 4 is 17.3 Å². The summed E-state index contributed by atoms with van der Waals surface area (Å²) < 4.78 is 23.6. The van der Waals surface area contributed by atoms with Crippen LogP contribution in [0.25, 0.3) is 10.6 Å². The van der Waals surface area contributed by atoms with Gasteiger partial charge in [0.25, 0.3) is 0 Å². The number of aromatic nitrogens is 1. The molecule has 0 aliphatic carbocycles. The molecular formula is C20H18FNO3S. The first-order valence-electron chi connectivity index (χ1n) is 8.11. The van der Waals surface area contributed by atoms with Gasteiger partial charge >= 0.3 is 5.97 Å². The van der Waals surface area contributed by atoms with E-state index in [0.717, 1.165) is 10.6 Å². The fraction of sp³-hybridized carbons (Fsp3) is 0.200. The average Bonchev–Trinajstić information content (AvgIpc) is 3.11. The van der Waals surface area contributed by atoms with Gasteiger partial charge in [0.05, 0.1) is 5.69 Å². The SMILES string of the molecule is Cc1ccc(-c2nc(COC(=O)[C@H](C)Oc3ccc(F)cc3)cs2)cc1. The minimum absolute atomic E-state index is 0.0817. The molecule has 1 atom stereocenters. The highest BCUT2D eigenvalue weighted by molar-refractivity contribution is 7.13. The van der Waals surface area contributed by atoms with Gasteiger partial charge in [-0.3, -0.25) is 0 Å². The molecule has 0 saturated carbocycles. The highest BCUT2D eigenvalue weighted by Gasteiger charge is 2.17. The fourth-order valence-electron chi connectivity index (χ4n) is 2.23. The molecule has 0 spiro atoms. The molecule has 1 heterocycles. The van der Waals surface area contributed by atoms with Crippen molar-refractivity contribution in [1.29, 1.82) is 0 Å². The van der Waals surface area contributed by atoms with E-state index < -0.39 is 12.1 Å². The summed E-state index contributed by atoms with van der Waals surface area (Å²) >= 11 is 1.50. The van der Waals surface area contributed by atoms with Gasteiger partial charge in [0, 0.05) is 10.9 Å². The first kappa shape index (κ1) is 18.1. The smallest absolute Gasteiger partial charge is 0.347 e. The Morgan fingerprint density at radius 2 is 1.85 bits per heavy atom. The number of hydrogen-bond acceptors (Lipinski definition) is 5. The summed E-state index contributed by atoms with van der Waals surface area (Å²) in [4.78, 5) is 16.6. The maximum Gasteiger partial charge on any atom is 0.347 e. The van der Waals surface area contributed by atoms with Crippen LogP contribution < -0.4 is 4.74 Å². The van der Waals surface area contributed by atoms with Crippen molar-refractivity contribution in [3.8, 4) is 16.3 Å². The van der Waals surface area contributed by atoms with Crippen LogP contribution in [0.5, 0.6) is 5.75 Å². The molecule has 3 aromatic rings. The summed E-state index contributed by atoms with van der Waals surface area (Å²) in [7, 11) is 0. The lowest BCUT2D eigenvalue weighted by Gasteiger charge is -2.13. The van der Waals surface area contributed by atoms with Crippen LogP contribution >= 0.6 is 11.3 Å². The lowest BCUT2D eigenvalue weighted by atomic mass is 10.2. The van der Waals surface area contributed by atoms with E-state index in [-0.39, 0.29) is 12.4 Å². The number of esters is 1. The Bertz CT molecular complexity index is 875. The first-order chi connectivity index (χ1) is 12.5. The molecule has 1 aromatic heterocycles. The van der Waals surface area contributed by atoms with E-state index in [4.69, 9.17) is 9.47 Å². The Hall–Kier alpha value is -2.73. The van der Waals surface area contributed by atoms with Gasteiger partial charge in [-0.05, 0) is 38.1 Å². The van der Waals surface area contributed by atoms with Gasteiger partial charge < -0.3 is 9.47 Å². The van der Waals surface area contributed by atoms with Crippen LogP contribution in [0.1, 0.15) is 18.2 Å². The Labute approximate surface area is 155 Å². The highest BCUT2D eigenvalue weighted by Crippen LogP contribution is 2.24. The first-order valence-corrected chi connectivity index (χ1v) is 8.99. The summed E-state index contributed by atoms with van der Waals surface area (Å²) in [5, 5.41) is 2.75. The van der Waals surface area contributed by atoms with Gasteiger partial charge in [-0.15, -0.1) is 11.3 Å². The number of carbonyl (C=O) groups is 1. The van der Waals surface area contributed by atoms with E-state index in [1.807, 2.05) is 36.6 Å². The lowest BCUT2D eigenvalue weighted by molar-refractivity contribution is -0.152. The van der Waals surface area contributed by atoms with Gasteiger partial charge in [-0.1, -0.05) is 29.8 Å². The number of nitrogens with zero attached hydrogens (tertiary/aromatic N) is 1. The Morgan fingerprint density at radius 3 is 2.54 bits per heavy atom. The van der Waals surface area contributed by atoms with E-state index in [9.17, 15) is 9.18 Å². The van der Waals surface area contributed by atoms with E-state index in [1.54, 1.807) is 6.92 Å². The van der Waals surface area contributed by atoms with Crippen LogP contribution in [0, 0.1) is 12.7 Å². The third-order valence-corrected chi connectivity index (χ3v) is 4.61. The second-order valence-corrected chi connectivity index (χ2v) is 6.69. The van der Waals surface area contributed by atoms with Crippen LogP contribution in [0.4, 0.5) is 4.39 Å². The van der Waals surface area contributed by atoms with Gasteiger partial charge in [-0.2, -0.15) is 0 Å². The van der Waals surface area contributed by atoms with Crippen LogP contribution in [-0.4, -0.2) is 17.1 Å². The van der Waals surface area contributed by atoms with E-state index in [0.29, 0.717) is 11.4 Å². The predicted octanol–water partition coefficient (Wildman–Crippen LogP) is 4.77. The number of thiazole rings is 1. The number of aryl methyl sites for hydroxylation is 1. The van der Waals surface area contributed by atoms with E-state index >= 15 is 0 Å². The summed E-state index contributed by atoms with van der Waals surface area (Å²) in [6, 6.07) is 13.6. The van der Waals surface area contributed by atoms with Crippen molar-refractivity contribution < 1.29 is 18.7 Å². The minimum atomic E-state index is -0.796. The molecule has 2 aromatic carbocycles. The summed E-state index contributed by atoms with van der Waals surface area (Å²) in [5.74, 6) is -0.453. The van der Waals surface area contributed by atoms with E-state index in [1.165, 1.54) is 41.2 Å². The van der Waals surface area contributed by atoms with Crippen molar-refractivity contribution in [2.75, 3.05) is 0 Å². The monoisotopic (exact) mass is 371 g/mol. The van der Waals surface area contributed by atoms with Crippen molar-refractivity contribution in [3.05, 3.63) is 71.0 Å². The van der Waals surface area contributed by atoms with Gasteiger partial charge in [0.2, 0.25) is 0 Å². The zero-order valence-corrected chi connectivity index (χ0v) is 15.3. The van der Waals surface area contributed by atoms with Crippen molar-refractivity contribution in [3.63, 3.8) is 0 Å². The standard InChI is InChI=1S/C20H18FNO3S/c1-13-3-5-15(6-4-13)19-22-17(12-26-19)11-24-20(23)14(2)25-18-9-7-16(21)8-10-18/h3-10,12,14H,11H2,1-2H3/t14-/m0/s1. The summed E-state index contributed by atoms with van der Waals surface area (Å²) in [6.07, 6.45) is -0.796. The predicted molar refractivity (Wildman–Crippen MR) is 98.6 cm³/mol. The molecule has 6 heteroatoms. The third kappa shape index (κ3) is 4.67. The van der Waals surface area contributed by atoms with Gasteiger partial charge in [-0.25, -0.2) is 14.2 Å². The van der Waals surface area contributed by atoms with Crippen LogP contribution in [0.2, 0.25) is 0 Å². The molecule has 0 saturated heterocycles. The second-order valence-electron chi connectivity index (χ2n) is 5.83. The lowest BCUT2D eigenvalue weighted by Crippen LogP contribution is -2.26. The van der Waals surface area contributed by atoms with Crippen molar-refractivity contribution in [2.24, 2.45) is 0 Å². The number of hydrogen-bond donors (Lipinski definition) is 0. The Balaban J connectivity index is 1.54. The molecule has 3 rings (SSSR count). The Morgan fingerprint density at radius 1 is 1.15 bits per heavy atom. The second kappa shape index (κ2) is 8.10. The van der Waals surface area contributed by atoms with E-state index in [2.05, 4.69) is 4.98 Å². The third-order valence-electron chi connectivity index (χ3n) is 3.67. The van der Waals surface area contributed by atoms with Crippen molar-refractivity contribution in [1.82, 2.24) is 4.98 Å². The summed E-state index contributed by atoms with van der Waals surface area (Å²) in [5.41, 5.74) is 2.91. The molecule has 134 valence electrons. The van der Waals surface area contributed by atoms with Crippen LogP contribution in [0.3, 0.4) is 0 Å². The average molecular weight is 371 g/mol. The molecule has 0 unspecified atom stereocenters. The number of carbonyl (C=O) groups excluding carboxylic acids is 1. The Kier molecular flexibility index (Phi) is 5.63. The van der Waals surface area contributed by atoms with Crippen molar-refractivity contribution in [2.45, 2.75) is 26.6 Å². The maximum atomic E-state index is 12.9. The zero-order chi connectivity index (χ0) is 18.5. The molecule has 26 heavy (non-hydrogen) atoms. The minimum Gasteiger partial charge on any atom is -0.479 e. The molecule has 0 radical (unpaired) electrons. The molecule has 4 nitrogen and oxygen atoms in total. The number of benzene rings is 2. The summed E-state index contributed by atoms with van der Waals surface area (Å²) in [6.45, 7) is 3.70. The molecule has 0 amide bonds. The molecule has 0 N–H and O–H groups in total. The number of ether oxygens (including phenoxy) is 2. The number of rotatable bonds is 6. The number of halogens is 1. The molecule has 0 bridgehead atoms. The topological polar surface area (TPSA) is 48.4 Å². The van der Waals surface area contributed by atoms with Crippen LogP contribution in [-0.2, 0) is 16.1 Å². The molecule has 0 fully saturated rings. The van der Waals surface area contributed by atoms with Crippen LogP contribution in [0.15, 0.2) is 53.9 Å². The largest absolute Gasteiger partial charge is 0.479 e. The molecule has 0 aliphatic heterocycles. The highest BCUT2D eigenvalue weighted by atomic mass is 32.1. The fourth-order valence-corrected chi connectivity index (χ4v) is 3.04. The van der Waals surface area contributed by atoms with Gasteiger partial charge in [0.1, 0.15) is 23.2 Å². The normalized spacial score (nSPS) is 11.8. The maximum absolute atomic E-state index is 12.9.